The van der Waals surface area contributed by atoms with E-state index in [0.717, 1.165) is 5.92 Å². The highest BCUT2D eigenvalue weighted by Crippen LogP contribution is 2.26. The molecule has 4 heteroatoms. The minimum Gasteiger partial charge on any atom is -0.318 e. The van der Waals surface area contributed by atoms with Gasteiger partial charge in [0.2, 0.25) is 0 Å². The van der Waals surface area contributed by atoms with Gasteiger partial charge in [0, 0.05) is 11.9 Å². The lowest BCUT2D eigenvalue weighted by atomic mass is 9.88. The van der Waals surface area contributed by atoms with Gasteiger partial charge in [-0.15, -0.1) is 4.52 Å². The monoisotopic (exact) mass is 201 g/mol. The van der Waals surface area contributed by atoms with Crippen molar-refractivity contribution in [3.8, 4) is 0 Å². The zero-order chi connectivity index (χ0) is 9.68. The number of hydrogen-bond acceptors (Lipinski definition) is 4. The van der Waals surface area contributed by atoms with Crippen LogP contribution < -0.4 is 5.73 Å². The molecule has 0 saturated heterocycles. The number of nitrogens with zero attached hydrogens (tertiary/aromatic N) is 2. The van der Waals surface area contributed by atoms with Gasteiger partial charge in [-0.25, -0.2) is 0 Å². The van der Waals surface area contributed by atoms with Crippen LogP contribution in [0.2, 0.25) is 0 Å². The van der Waals surface area contributed by atoms with E-state index in [2.05, 4.69) is 16.6 Å². The lowest BCUT2D eigenvalue weighted by Gasteiger charge is -2.21. The van der Waals surface area contributed by atoms with E-state index in [1.165, 1.54) is 37.6 Å². The Labute approximate surface area is 84.7 Å². The highest BCUT2D eigenvalue weighted by Gasteiger charge is 2.17. The number of rotatable bonds is 3. The fraction of sp³-hybridized carbons (Fsp3) is 1.00. The summed E-state index contributed by atoms with van der Waals surface area (Å²) in [6, 6.07) is 0.461. The van der Waals surface area contributed by atoms with E-state index in [4.69, 9.17) is 5.73 Å². The highest BCUT2D eigenvalue weighted by atomic mass is 32.2. The van der Waals surface area contributed by atoms with Crippen molar-refractivity contribution in [2.75, 3.05) is 0 Å². The van der Waals surface area contributed by atoms with Crippen LogP contribution in [0.4, 0.5) is 0 Å². The molecular formula is C9H19N3S. The molecule has 1 unspecified atom stereocenters. The minimum atomic E-state index is 0.0614. The second-order valence-corrected chi connectivity index (χ2v) is 5.04. The molecule has 76 valence electrons. The van der Waals surface area contributed by atoms with Crippen molar-refractivity contribution in [3.63, 3.8) is 0 Å². The molecule has 0 aliphatic heterocycles. The molecular weight excluding hydrogens is 182 g/mol. The number of nitrogens with two attached hydrogens (primary N) is 1. The van der Waals surface area contributed by atoms with Gasteiger partial charge in [0.15, 0.2) is 0 Å². The molecule has 1 saturated carbocycles. The van der Waals surface area contributed by atoms with Gasteiger partial charge in [-0.1, -0.05) is 6.92 Å². The molecule has 0 aromatic rings. The van der Waals surface area contributed by atoms with Gasteiger partial charge in [-0.2, -0.15) is 5.11 Å². The zero-order valence-electron chi connectivity index (χ0n) is 8.44. The molecule has 3 nitrogen and oxygen atoms in total. The average Bonchev–Trinajstić information content (AvgIpc) is 2.08. The van der Waals surface area contributed by atoms with Gasteiger partial charge in [0.25, 0.3) is 0 Å². The molecule has 0 aromatic carbocycles. The maximum atomic E-state index is 5.54. The van der Waals surface area contributed by atoms with Gasteiger partial charge in [0.05, 0.1) is 11.4 Å². The van der Waals surface area contributed by atoms with Gasteiger partial charge in [-0.3, -0.25) is 0 Å². The van der Waals surface area contributed by atoms with Crippen molar-refractivity contribution < 1.29 is 0 Å². The first-order valence-corrected chi connectivity index (χ1v) is 5.83. The third-order valence-corrected chi connectivity index (χ3v) is 2.93. The second kappa shape index (κ2) is 5.60. The maximum absolute atomic E-state index is 5.54. The van der Waals surface area contributed by atoms with Crippen molar-refractivity contribution in [1.82, 2.24) is 0 Å². The molecule has 0 aromatic heterocycles. The summed E-state index contributed by atoms with van der Waals surface area (Å²) in [6.07, 6.45) is 4.99. The third kappa shape index (κ3) is 4.62. The normalized spacial score (nSPS) is 32.2. The molecule has 0 radical (unpaired) electrons. The molecule has 0 spiro atoms. The summed E-state index contributed by atoms with van der Waals surface area (Å²) in [5, 5.41) is 4.33. The van der Waals surface area contributed by atoms with Crippen molar-refractivity contribution in [2.45, 2.75) is 50.9 Å². The smallest absolute Gasteiger partial charge is 0.0719 e. The van der Waals surface area contributed by atoms with E-state index in [1.54, 1.807) is 0 Å². The van der Waals surface area contributed by atoms with Gasteiger partial charge >= 0.3 is 0 Å². The molecule has 13 heavy (non-hydrogen) atoms. The van der Waals surface area contributed by atoms with Crippen molar-refractivity contribution in [2.24, 2.45) is 21.3 Å². The van der Waals surface area contributed by atoms with Crippen LogP contribution >= 0.6 is 11.9 Å². The minimum absolute atomic E-state index is 0.0614. The Hall–Kier alpha value is -0.0900. The Morgan fingerprint density at radius 1 is 1.31 bits per heavy atom. The first-order chi connectivity index (χ1) is 6.18. The predicted octanol–water partition coefficient (Wildman–Crippen LogP) is 2.97. The van der Waals surface area contributed by atoms with Crippen LogP contribution in [0.15, 0.2) is 9.63 Å². The first-order valence-electron chi connectivity index (χ1n) is 5.00. The van der Waals surface area contributed by atoms with E-state index >= 15 is 0 Å². The molecule has 0 amide bonds. The van der Waals surface area contributed by atoms with Gasteiger partial charge in [0.1, 0.15) is 0 Å². The first kappa shape index (κ1) is 11.0. The maximum Gasteiger partial charge on any atom is 0.0719 e. The average molecular weight is 201 g/mol. The fourth-order valence-electron chi connectivity index (χ4n) is 1.53. The zero-order valence-corrected chi connectivity index (χ0v) is 9.26. The number of hydrogen-bond donors (Lipinski definition) is 1. The third-order valence-electron chi connectivity index (χ3n) is 2.41. The molecule has 1 rings (SSSR count). The molecule has 2 N–H and O–H groups in total. The van der Waals surface area contributed by atoms with E-state index < -0.39 is 0 Å². The van der Waals surface area contributed by atoms with Gasteiger partial charge < -0.3 is 5.73 Å². The lowest BCUT2D eigenvalue weighted by Crippen LogP contribution is -2.14. The van der Waals surface area contributed by atoms with E-state index in [0.29, 0.717) is 6.04 Å². The Kier molecular flexibility index (Phi) is 4.73. The Balaban J connectivity index is 2.18. The quantitative estimate of drug-likeness (QED) is 0.433. The Bertz CT molecular complexity index is 162. The standard InChI is InChI=1S/C9H19N3S/c1-7-3-5-9(6-4-7)11-12-13-8(2)10/h7-9H,3-6,10H2,1-2H3. The molecule has 1 fully saturated rings. The summed E-state index contributed by atoms with van der Waals surface area (Å²) >= 11 is 1.36. The summed E-state index contributed by atoms with van der Waals surface area (Å²) in [5.74, 6) is 0.882. The lowest BCUT2D eigenvalue weighted by molar-refractivity contribution is 0.344. The highest BCUT2D eigenvalue weighted by molar-refractivity contribution is 7.98. The summed E-state index contributed by atoms with van der Waals surface area (Å²) < 4.78 is 4.04. The summed E-state index contributed by atoms with van der Waals surface area (Å²) in [5.41, 5.74) is 5.54. The van der Waals surface area contributed by atoms with Crippen LogP contribution in [-0.4, -0.2) is 11.4 Å². The summed E-state index contributed by atoms with van der Waals surface area (Å²) in [7, 11) is 0. The van der Waals surface area contributed by atoms with Crippen LogP contribution in [0.25, 0.3) is 0 Å². The Morgan fingerprint density at radius 2 is 1.92 bits per heavy atom. The van der Waals surface area contributed by atoms with Crippen LogP contribution in [0, 0.1) is 5.92 Å². The largest absolute Gasteiger partial charge is 0.318 e. The van der Waals surface area contributed by atoms with Crippen molar-refractivity contribution in [1.29, 1.82) is 0 Å². The fourth-order valence-corrected chi connectivity index (χ4v) is 1.86. The van der Waals surface area contributed by atoms with Crippen LogP contribution in [0.1, 0.15) is 39.5 Å². The van der Waals surface area contributed by atoms with Crippen LogP contribution in [0.3, 0.4) is 0 Å². The summed E-state index contributed by atoms with van der Waals surface area (Å²) in [4.78, 5) is 0. The topological polar surface area (TPSA) is 50.7 Å². The van der Waals surface area contributed by atoms with E-state index in [-0.39, 0.29) is 5.37 Å². The molecule has 0 heterocycles. The SMILES string of the molecule is CC1CCC(N=NSC(C)N)CC1. The summed E-state index contributed by atoms with van der Waals surface area (Å²) in [6.45, 7) is 4.23. The van der Waals surface area contributed by atoms with E-state index in [9.17, 15) is 0 Å². The molecule has 1 atom stereocenters. The Morgan fingerprint density at radius 3 is 2.46 bits per heavy atom. The second-order valence-electron chi connectivity index (χ2n) is 3.92. The van der Waals surface area contributed by atoms with Crippen molar-refractivity contribution >= 4 is 11.9 Å². The van der Waals surface area contributed by atoms with Crippen LogP contribution in [0.5, 0.6) is 0 Å². The predicted molar refractivity (Wildman–Crippen MR) is 57.5 cm³/mol. The van der Waals surface area contributed by atoms with E-state index in [1.807, 2.05) is 6.92 Å². The van der Waals surface area contributed by atoms with Gasteiger partial charge in [-0.05, 0) is 38.5 Å². The van der Waals surface area contributed by atoms with Crippen LogP contribution in [-0.2, 0) is 0 Å². The molecule has 0 bridgehead atoms. The molecule has 1 aliphatic carbocycles. The van der Waals surface area contributed by atoms with Crippen molar-refractivity contribution in [3.05, 3.63) is 0 Å². The molecule has 1 aliphatic rings.